The summed E-state index contributed by atoms with van der Waals surface area (Å²) in [5, 5.41) is 0. The fourth-order valence-electron chi connectivity index (χ4n) is 2.36. The molecule has 1 fully saturated rings. The van der Waals surface area contributed by atoms with Gasteiger partial charge in [-0.25, -0.2) is 4.39 Å². The Morgan fingerprint density at radius 3 is 2.71 bits per heavy atom. The molecule has 4 heteroatoms. The Bertz CT molecular complexity index is 401. The lowest BCUT2D eigenvalue weighted by Crippen LogP contribution is -2.55. The van der Waals surface area contributed by atoms with E-state index in [4.69, 9.17) is 10.5 Å². The van der Waals surface area contributed by atoms with Crippen LogP contribution in [0, 0.1) is 5.82 Å². The van der Waals surface area contributed by atoms with Crippen LogP contribution in [0.1, 0.15) is 24.8 Å². The number of hydrogen-bond donors (Lipinski definition) is 1. The zero-order chi connectivity index (χ0) is 12.5. The van der Waals surface area contributed by atoms with Crippen LogP contribution in [0.2, 0.25) is 0 Å². The molecular formula is C13H17BrFNO. The number of rotatable bonds is 4. The SMILES string of the molecule is COC1(C(N)Cc2ccc(F)cc2Br)CCC1. The first kappa shape index (κ1) is 13.0. The number of ether oxygens (including phenoxy) is 1. The maximum Gasteiger partial charge on any atom is 0.124 e. The van der Waals surface area contributed by atoms with Gasteiger partial charge in [0.2, 0.25) is 0 Å². The molecule has 1 aromatic rings. The van der Waals surface area contributed by atoms with Gasteiger partial charge in [0.05, 0.1) is 5.60 Å². The second-order valence-electron chi connectivity index (χ2n) is 4.67. The predicted octanol–water partition coefficient (Wildman–Crippen LogP) is 3.03. The molecule has 1 atom stereocenters. The minimum Gasteiger partial charge on any atom is -0.377 e. The summed E-state index contributed by atoms with van der Waals surface area (Å²) in [4.78, 5) is 0. The van der Waals surface area contributed by atoms with Gasteiger partial charge >= 0.3 is 0 Å². The first-order valence-electron chi connectivity index (χ1n) is 5.82. The quantitative estimate of drug-likeness (QED) is 0.928. The first-order valence-corrected chi connectivity index (χ1v) is 6.61. The van der Waals surface area contributed by atoms with Gasteiger partial charge in [-0.15, -0.1) is 0 Å². The van der Waals surface area contributed by atoms with E-state index < -0.39 is 0 Å². The number of nitrogens with two attached hydrogens (primary N) is 1. The molecule has 1 saturated carbocycles. The molecular weight excluding hydrogens is 285 g/mol. The minimum atomic E-state index is -0.237. The summed E-state index contributed by atoms with van der Waals surface area (Å²) in [6, 6.07) is 4.68. The van der Waals surface area contributed by atoms with Crippen molar-refractivity contribution in [2.45, 2.75) is 37.3 Å². The maximum atomic E-state index is 13.0. The van der Waals surface area contributed by atoms with Crippen LogP contribution in [0.4, 0.5) is 4.39 Å². The van der Waals surface area contributed by atoms with Crippen LogP contribution in [0.5, 0.6) is 0 Å². The first-order chi connectivity index (χ1) is 8.07. The van der Waals surface area contributed by atoms with Crippen molar-refractivity contribution in [1.82, 2.24) is 0 Å². The van der Waals surface area contributed by atoms with Crippen molar-refractivity contribution >= 4 is 15.9 Å². The van der Waals surface area contributed by atoms with Gasteiger partial charge in [-0.05, 0) is 43.4 Å². The predicted molar refractivity (Wildman–Crippen MR) is 69.4 cm³/mol. The van der Waals surface area contributed by atoms with E-state index in [9.17, 15) is 4.39 Å². The van der Waals surface area contributed by atoms with Gasteiger partial charge in [0, 0.05) is 17.6 Å². The molecule has 1 aliphatic rings. The van der Waals surface area contributed by atoms with Gasteiger partial charge in [0.25, 0.3) is 0 Å². The number of halogens is 2. The summed E-state index contributed by atoms with van der Waals surface area (Å²) in [5.41, 5.74) is 7.08. The molecule has 0 heterocycles. The summed E-state index contributed by atoms with van der Waals surface area (Å²) in [7, 11) is 1.72. The van der Waals surface area contributed by atoms with Gasteiger partial charge in [-0.1, -0.05) is 22.0 Å². The van der Waals surface area contributed by atoms with Crippen molar-refractivity contribution in [2.75, 3.05) is 7.11 Å². The highest BCUT2D eigenvalue weighted by molar-refractivity contribution is 9.10. The Kier molecular flexibility index (Phi) is 3.85. The Morgan fingerprint density at radius 1 is 1.53 bits per heavy atom. The maximum absolute atomic E-state index is 13.0. The lowest BCUT2D eigenvalue weighted by Gasteiger charge is -2.45. The van der Waals surface area contributed by atoms with E-state index in [1.807, 2.05) is 0 Å². The van der Waals surface area contributed by atoms with E-state index in [0.29, 0.717) is 6.42 Å². The zero-order valence-corrected chi connectivity index (χ0v) is 11.5. The summed E-state index contributed by atoms with van der Waals surface area (Å²) < 4.78 is 19.3. The minimum absolute atomic E-state index is 0.0389. The largest absolute Gasteiger partial charge is 0.377 e. The normalized spacial score (nSPS) is 19.8. The van der Waals surface area contributed by atoms with Gasteiger partial charge in [-0.2, -0.15) is 0 Å². The zero-order valence-electron chi connectivity index (χ0n) is 9.88. The van der Waals surface area contributed by atoms with Crippen LogP contribution >= 0.6 is 15.9 Å². The van der Waals surface area contributed by atoms with Gasteiger partial charge in [0.15, 0.2) is 0 Å². The molecule has 0 bridgehead atoms. The molecule has 1 unspecified atom stereocenters. The molecule has 0 amide bonds. The van der Waals surface area contributed by atoms with Crippen molar-refractivity contribution in [3.63, 3.8) is 0 Å². The van der Waals surface area contributed by atoms with E-state index in [1.165, 1.54) is 18.6 Å². The Balaban J connectivity index is 2.10. The molecule has 0 spiro atoms. The average molecular weight is 302 g/mol. The number of hydrogen-bond acceptors (Lipinski definition) is 2. The van der Waals surface area contributed by atoms with E-state index in [-0.39, 0.29) is 17.5 Å². The van der Waals surface area contributed by atoms with Crippen molar-refractivity contribution in [3.8, 4) is 0 Å². The third kappa shape index (κ3) is 2.54. The second kappa shape index (κ2) is 5.04. The molecule has 94 valence electrons. The number of benzene rings is 1. The molecule has 2 N–H and O–H groups in total. The molecule has 1 aromatic carbocycles. The lowest BCUT2D eigenvalue weighted by molar-refractivity contribution is -0.0897. The molecule has 0 radical (unpaired) electrons. The fraction of sp³-hybridized carbons (Fsp3) is 0.538. The highest BCUT2D eigenvalue weighted by atomic mass is 79.9. The van der Waals surface area contributed by atoms with Gasteiger partial charge in [-0.3, -0.25) is 0 Å². The average Bonchev–Trinajstić information content (AvgIpc) is 2.21. The molecule has 17 heavy (non-hydrogen) atoms. The highest BCUT2D eigenvalue weighted by Gasteiger charge is 2.42. The van der Waals surface area contributed by atoms with Crippen molar-refractivity contribution < 1.29 is 9.13 Å². The van der Waals surface area contributed by atoms with Crippen LogP contribution in [0.3, 0.4) is 0 Å². The third-order valence-corrected chi connectivity index (χ3v) is 4.48. The van der Waals surface area contributed by atoms with E-state index in [2.05, 4.69) is 15.9 Å². The van der Waals surface area contributed by atoms with Crippen molar-refractivity contribution in [2.24, 2.45) is 5.73 Å². The summed E-state index contributed by atoms with van der Waals surface area (Å²) in [6.07, 6.45) is 3.91. The smallest absolute Gasteiger partial charge is 0.124 e. The van der Waals surface area contributed by atoms with Crippen LogP contribution in [-0.2, 0) is 11.2 Å². The topological polar surface area (TPSA) is 35.2 Å². The highest BCUT2D eigenvalue weighted by Crippen LogP contribution is 2.38. The molecule has 0 aliphatic heterocycles. The molecule has 0 saturated heterocycles. The van der Waals surface area contributed by atoms with E-state index >= 15 is 0 Å². The number of methoxy groups -OCH3 is 1. The molecule has 1 aliphatic carbocycles. The fourth-order valence-corrected chi connectivity index (χ4v) is 2.87. The molecule has 0 aromatic heterocycles. The van der Waals surface area contributed by atoms with E-state index in [1.54, 1.807) is 13.2 Å². The van der Waals surface area contributed by atoms with Crippen LogP contribution in [-0.4, -0.2) is 18.8 Å². The van der Waals surface area contributed by atoms with Crippen molar-refractivity contribution in [3.05, 3.63) is 34.1 Å². The summed E-state index contributed by atoms with van der Waals surface area (Å²) >= 11 is 3.37. The van der Waals surface area contributed by atoms with Gasteiger partial charge in [0.1, 0.15) is 5.82 Å². The van der Waals surface area contributed by atoms with Crippen LogP contribution in [0.15, 0.2) is 22.7 Å². The summed E-state index contributed by atoms with van der Waals surface area (Å²) in [5.74, 6) is -0.237. The second-order valence-corrected chi connectivity index (χ2v) is 5.52. The molecule has 2 rings (SSSR count). The van der Waals surface area contributed by atoms with E-state index in [0.717, 1.165) is 22.9 Å². The lowest BCUT2D eigenvalue weighted by atomic mass is 9.73. The Labute approximate surface area is 109 Å². The summed E-state index contributed by atoms with van der Waals surface area (Å²) in [6.45, 7) is 0. The van der Waals surface area contributed by atoms with Crippen LogP contribution in [0.25, 0.3) is 0 Å². The monoisotopic (exact) mass is 301 g/mol. The van der Waals surface area contributed by atoms with Crippen molar-refractivity contribution in [1.29, 1.82) is 0 Å². The van der Waals surface area contributed by atoms with Gasteiger partial charge < -0.3 is 10.5 Å². The Morgan fingerprint density at radius 2 is 2.24 bits per heavy atom. The Hall–Kier alpha value is -0.450. The van der Waals surface area contributed by atoms with Crippen LogP contribution < -0.4 is 5.73 Å². The standard InChI is InChI=1S/C13H17BrFNO/c1-17-13(5-2-6-13)12(16)7-9-3-4-10(15)8-11(9)14/h3-4,8,12H,2,5-7,16H2,1H3. The molecule has 2 nitrogen and oxygen atoms in total. The third-order valence-electron chi connectivity index (χ3n) is 3.74.